The Kier molecular flexibility index (Phi) is 4.52. The van der Waals surface area contributed by atoms with Crippen molar-refractivity contribution < 1.29 is 0 Å². The van der Waals surface area contributed by atoms with Gasteiger partial charge in [0.25, 0.3) is 0 Å². The summed E-state index contributed by atoms with van der Waals surface area (Å²) in [5, 5.41) is 0. The highest BCUT2D eigenvalue weighted by molar-refractivity contribution is 5.91. The summed E-state index contributed by atoms with van der Waals surface area (Å²) in [6.07, 6.45) is 4.66. The first-order valence-electron chi connectivity index (χ1n) is 9.99. The van der Waals surface area contributed by atoms with Crippen LogP contribution < -0.4 is 0 Å². The Morgan fingerprint density at radius 3 is 2.11 bits per heavy atom. The van der Waals surface area contributed by atoms with Gasteiger partial charge in [-0.05, 0) is 57.2 Å². The van der Waals surface area contributed by atoms with Crippen molar-refractivity contribution in [3.05, 3.63) is 89.0 Å². The Balaban J connectivity index is 2.04. The maximum atomic E-state index is 2.45. The third-order valence-corrected chi connectivity index (χ3v) is 5.65. The number of fused-ring (bicyclic) bond motifs is 1. The van der Waals surface area contributed by atoms with Crippen LogP contribution in [0.3, 0.4) is 0 Å². The minimum Gasteiger partial charge on any atom is -0.0655 e. The minimum absolute atomic E-state index is 0.0942. The van der Waals surface area contributed by atoms with Gasteiger partial charge in [0.2, 0.25) is 0 Å². The van der Waals surface area contributed by atoms with Crippen molar-refractivity contribution >= 4 is 6.08 Å². The van der Waals surface area contributed by atoms with E-state index in [2.05, 4.69) is 101 Å². The van der Waals surface area contributed by atoms with Crippen molar-refractivity contribution in [1.29, 1.82) is 0 Å². The van der Waals surface area contributed by atoms with E-state index in [0.717, 1.165) is 12.8 Å². The molecule has 0 spiro atoms. The van der Waals surface area contributed by atoms with Crippen molar-refractivity contribution in [2.75, 3.05) is 0 Å². The van der Waals surface area contributed by atoms with E-state index in [0.29, 0.717) is 0 Å². The molecule has 3 aromatic carbocycles. The molecule has 0 aromatic heterocycles. The van der Waals surface area contributed by atoms with Gasteiger partial charge in [-0.2, -0.15) is 0 Å². The predicted molar refractivity (Wildman–Crippen MR) is 118 cm³/mol. The number of allylic oxidation sites excluding steroid dienone is 1. The molecule has 0 fully saturated rings. The zero-order chi connectivity index (χ0) is 19.0. The summed E-state index contributed by atoms with van der Waals surface area (Å²) in [7, 11) is 0. The number of hydrogen-bond donors (Lipinski definition) is 0. The first-order chi connectivity index (χ1) is 13.0. The van der Waals surface area contributed by atoms with Gasteiger partial charge >= 0.3 is 0 Å². The van der Waals surface area contributed by atoms with E-state index in [-0.39, 0.29) is 5.41 Å². The molecule has 0 heteroatoms. The average molecular weight is 353 g/mol. The van der Waals surface area contributed by atoms with Gasteiger partial charge in [-0.25, -0.2) is 0 Å². The first kappa shape index (κ1) is 17.8. The SMILES string of the molecule is CCC1=Cc2c(ccc(C(C)(C)C)c2-c2ccccc2-c2ccccc2)C1. The molecule has 136 valence electrons. The van der Waals surface area contributed by atoms with Gasteiger partial charge in [-0.15, -0.1) is 0 Å². The number of hydrogen-bond acceptors (Lipinski definition) is 0. The summed E-state index contributed by atoms with van der Waals surface area (Å²) < 4.78 is 0. The zero-order valence-electron chi connectivity index (χ0n) is 16.8. The lowest BCUT2D eigenvalue weighted by Gasteiger charge is -2.26. The van der Waals surface area contributed by atoms with Crippen LogP contribution >= 0.6 is 0 Å². The van der Waals surface area contributed by atoms with Crippen molar-refractivity contribution in [2.45, 2.75) is 46.0 Å². The smallest absolute Gasteiger partial charge is 0.00577 e. The molecule has 0 atom stereocenters. The van der Waals surface area contributed by atoms with E-state index in [4.69, 9.17) is 0 Å². The molecule has 3 aromatic rings. The first-order valence-corrected chi connectivity index (χ1v) is 9.99. The van der Waals surface area contributed by atoms with Gasteiger partial charge in [-0.3, -0.25) is 0 Å². The largest absolute Gasteiger partial charge is 0.0655 e. The monoisotopic (exact) mass is 352 g/mol. The fourth-order valence-electron chi connectivity index (χ4n) is 4.19. The lowest BCUT2D eigenvalue weighted by Crippen LogP contribution is -2.14. The van der Waals surface area contributed by atoms with E-state index in [1.165, 1.54) is 44.5 Å². The maximum absolute atomic E-state index is 2.45. The Morgan fingerprint density at radius 1 is 0.778 bits per heavy atom. The van der Waals surface area contributed by atoms with Gasteiger partial charge in [0.05, 0.1) is 0 Å². The highest BCUT2D eigenvalue weighted by Gasteiger charge is 2.26. The summed E-state index contributed by atoms with van der Waals surface area (Å²) in [4.78, 5) is 0. The standard InChI is InChI=1S/C27H28/c1-5-19-17-21-15-16-25(27(2,3)4)26(24(21)18-19)23-14-10-9-13-22(23)20-11-7-6-8-12-20/h6-16,18H,5,17H2,1-4H3. The van der Waals surface area contributed by atoms with Crippen LogP contribution in [0, 0.1) is 0 Å². The molecule has 0 bridgehead atoms. The summed E-state index contributed by atoms with van der Waals surface area (Å²) in [6.45, 7) is 9.23. The second kappa shape index (κ2) is 6.85. The molecule has 0 unspecified atom stereocenters. The van der Waals surface area contributed by atoms with Crippen molar-refractivity contribution in [3.8, 4) is 22.3 Å². The van der Waals surface area contributed by atoms with E-state index in [1.54, 1.807) is 0 Å². The van der Waals surface area contributed by atoms with Crippen LogP contribution in [-0.4, -0.2) is 0 Å². The molecule has 0 heterocycles. The molecule has 4 rings (SSSR count). The Morgan fingerprint density at radius 2 is 1.44 bits per heavy atom. The highest BCUT2D eigenvalue weighted by atomic mass is 14.3. The van der Waals surface area contributed by atoms with E-state index in [9.17, 15) is 0 Å². The molecule has 0 nitrogen and oxygen atoms in total. The third kappa shape index (κ3) is 3.25. The molecular formula is C27H28. The van der Waals surface area contributed by atoms with Gasteiger partial charge < -0.3 is 0 Å². The van der Waals surface area contributed by atoms with Crippen molar-refractivity contribution in [3.63, 3.8) is 0 Å². The second-order valence-corrected chi connectivity index (χ2v) is 8.56. The Hall–Kier alpha value is -2.60. The van der Waals surface area contributed by atoms with Crippen LogP contribution in [0.1, 0.15) is 50.8 Å². The zero-order valence-corrected chi connectivity index (χ0v) is 16.8. The lowest BCUT2D eigenvalue weighted by molar-refractivity contribution is 0.591. The molecule has 0 saturated carbocycles. The lowest BCUT2D eigenvalue weighted by atomic mass is 9.78. The van der Waals surface area contributed by atoms with Crippen molar-refractivity contribution in [2.24, 2.45) is 0 Å². The van der Waals surface area contributed by atoms with E-state index >= 15 is 0 Å². The molecule has 0 aliphatic heterocycles. The summed E-state index contributed by atoms with van der Waals surface area (Å²) >= 11 is 0. The van der Waals surface area contributed by atoms with Gasteiger partial charge in [0, 0.05) is 0 Å². The molecule has 1 aliphatic carbocycles. The van der Waals surface area contributed by atoms with Crippen LogP contribution in [0.5, 0.6) is 0 Å². The Bertz CT molecular complexity index is 998. The molecule has 0 radical (unpaired) electrons. The topological polar surface area (TPSA) is 0 Å². The quantitative estimate of drug-likeness (QED) is 0.453. The molecule has 27 heavy (non-hydrogen) atoms. The minimum atomic E-state index is 0.0942. The van der Waals surface area contributed by atoms with Crippen LogP contribution in [-0.2, 0) is 11.8 Å². The fraction of sp³-hybridized carbons (Fsp3) is 0.259. The number of rotatable bonds is 3. The third-order valence-electron chi connectivity index (χ3n) is 5.65. The average Bonchev–Trinajstić information content (AvgIpc) is 3.10. The van der Waals surface area contributed by atoms with Crippen LogP contribution in [0.2, 0.25) is 0 Å². The molecule has 0 amide bonds. The van der Waals surface area contributed by atoms with Crippen molar-refractivity contribution in [1.82, 2.24) is 0 Å². The van der Waals surface area contributed by atoms with Gasteiger partial charge in [0.1, 0.15) is 0 Å². The summed E-state index contributed by atoms with van der Waals surface area (Å²) in [5.41, 5.74) is 11.3. The fourth-order valence-corrected chi connectivity index (χ4v) is 4.19. The number of benzene rings is 3. The molecular weight excluding hydrogens is 324 g/mol. The van der Waals surface area contributed by atoms with E-state index in [1.807, 2.05) is 0 Å². The highest BCUT2D eigenvalue weighted by Crippen LogP contribution is 2.44. The molecule has 0 N–H and O–H groups in total. The normalized spacial score (nSPS) is 13.4. The summed E-state index contributed by atoms with van der Waals surface area (Å²) in [6, 6.07) is 24.4. The van der Waals surface area contributed by atoms with E-state index < -0.39 is 0 Å². The predicted octanol–water partition coefficient (Wildman–Crippen LogP) is 7.67. The van der Waals surface area contributed by atoms with Gasteiger partial charge in [-0.1, -0.05) is 106 Å². The van der Waals surface area contributed by atoms with Crippen LogP contribution in [0.25, 0.3) is 28.3 Å². The van der Waals surface area contributed by atoms with Crippen LogP contribution in [0.4, 0.5) is 0 Å². The van der Waals surface area contributed by atoms with Gasteiger partial charge in [0.15, 0.2) is 0 Å². The molecule has 1 aliphatic rings. The maximum Gasteiger partial charge on any atom is -0.00577 e. The summed E-state index contributed by atoms with van der Waals surface area (Å²) in [5.74, 6) is 0. The second-order valence-electron chi connectivity index (χ2n) is 8.56. The van der Waals surface area contributed by atoms with Crippen LogP contribution in [0.15, 0.2) is 72.3 Å². The Labute approximate surface area is 163 Å². The molecule has 0 saturated heterocycles.